The molecule has 0 aromatic carbocycles. The van der Waals surface area contributed by atoms with Gasteiger partial charge in [0.2, 0.25) is 0 Å². The SMILES string of the molecule is CC(C)(C)CC(C(=O)O)N1CCCC1. The lowest BCUT2D eigenvalue weighted by Crippen LogP contribution is -2.41. The summed E-state index contributed by atoms with van der Waals surface area (Å²) in [4.78, 5) is 13.2. The van der Waals surface area contributed by atoms with Crippen LogP contribution in [0.4, 0.5) is 0 Å². The molecule has 0 radical (unpaired) electrons. The second-order valence-corrected chi connectivity index (χ2v) is 5.36. The van der Waals surface area contributed by atoms with E-state index < -0.39 is 5.97 Å². The minimum atomic E-state index is -0.665. The molecular weight excluding hydrogens is 178 g/mol. The number of likely N-dealkylation sites (tertiary alicyclic amines) is 1. The summed E-state index contributed by atoms with van der Waals surface area (Å²) in [6.07, 6.45) is 3.03. The Morgan fingerprint density at radius 2 is 1.86 bits per heavy atom. The van der Waals surface area contributed by atoms with E-state index in [-0.39, 0.29) is 11.5 Å². The van der Waals surface area contributed by atoms with E-state index in [1.807, 2.05) is 0 Å². The van der Waals surface area contributed by atoms with Crippen LogP contribution in [0.25, 0.3) is 0 Å². The van der Waals surface area contributed by atoms with Gasteiger partial charge in [0.1, 0.15) is 6.04 Å². The summed E-state index contributed by atoms with van der Waals surface area (Å²) in [5, 5.41) is 9.16. The van der Waals surface area contributed by atoms with Crippen LogP contribution in [0.1, 0.15) is 40.0 Å². The highest BCUT2D eigenvalue weighted by Gasteiger charge is 2.31. The van der Waals surface area contributed by atoms with Crippen molar-refractivity contribution in [2.75, 3.05) is 13.1 Å². The molecule has 1 aliphatic rings. The molecule has 0 saturated carbocycles. The van der Waals surface area contributed by atoms with Crippen LogP contribution in [-0.2, 0) is 4.79 Å². The van der Waals surface area contributed by atoms with E-state index in [2.05, 4.69) is 25.7 Å². The van der Waals surface area contributed by atoms with Crippen LogP contribution < -0.4 is 0 Å². The Kier molecular flexibility index (Phi) is 3.53. The Balaban J connectivity index is 2.59. The summed E-state index contributed by atoms with van der Waals surface area (Å²) < 4.78 is 0. The molecular formula is C11H21NO2. The van der Waals surface area contributed by atoms with E-state index >= 15 is 0 Å². The molecule has 0 aromatic heterocycles. The minimum Gasteiger partial charge on any atom is -0.480 e. The molecule has 3 heteroatoms. The van der Waals surface area contributed by atoms with Crippen LogP contribution in [-0.4, -0.2) is 35.1 Å². The van der Waals surface area contributed by atoms with Crippen LogP contribution in [0.5, 0.6) is 0 Å². The zero-order valence-electron chi connectivity index (χ0n) is 9.42. The second-order valence-electron chi connectivity index (χ2n) is 5.36. The lowest BCUT2D eigenvalue weighted by Gasteiger charge is -2.29. The van der Waals surface area contributed by atoms with Crippen LogP contribution >= 0.6 is 0 Å². The molecule has 1 rings (SSSR count). The standard InChI is InChI=1S/C11H21NO2/c1-11(2,3)8-9(10(13)14)12-6-4-5-7-12/h9H,4-8H2,1-3H3,(H,13,14). The largest absolute Gasteiger partial charge is 0.480 e. The van der Waals surface area contributed by atoms with Gasteiger partial charge in [-0.3, -0.25) is 9.69 Å². The van der Waals surface area contributed by atoms with Gasteiger partial charge in [-0.05, 0) is 37.8 Å². The van der Waals surface area contributed by atoms with E-state index in [0.717, 1.165) is 32.4 Å². The smallest absolute Gasteiger partial charge is 0.320 e. The Hall–Kier alpha value is -0.570. The lowest BCUT2D eigenvalue weighted by atomic mass is 9.87. The Bertz CT molecular complexity index is 202. The van der Waals surface area contributed by atoms with Gasteiger partial charge in [0.15, 0.2) is 0 Å². The maximum Gasteiger partial charge on any atom is 0.320 e. The summed E-state index contributed by atoms with van der Waals surface area (Å²) in [6.45, 7) is 8.19. The summed E-state index contributed by atoms with van der Waals surface area (Å²) >= 11 is 0. The minimum absolute atomic E-state index is 0.0889. The first-order valence-electron chi connectivity index (χ1n) is 5.37. The Labute approximate surface area is 86.1 Å². The summed E-state index contributed by atoms with van der Waals surface area (Å²) in [6, 6.07) is -0.280. The van der Waals surface area contributed by atoms with Crippen molar-refractivity contribution in [2.45, 2.75) is 46.1 Å². The van der Waals surface area contributed by atoms with Gasteiger partial charge in [-0.15, -0.1) is 0 Å². The number of carboxylic acid groups (broad SMARTS) is 1. The first kappa shape index (κ1) is 11.5. The quantitative estimate of drug-likeness (QED) is 0.755. The van der Waals surface area contributed by atoms with Crippen LogP contribution in [0.3, 0.4) is 0 Å². The summed E-state index contributed by atoms with van der Waals surface area (Å²) in [7, 11) is 0. The van der Waals surface area contributed by atoms with Crippen LogP contribution in [0.2, 0.25) is 0 Å². The van der Waals surface area contributed by atoms with Gasteiger partial charge < -0.3 is 5.11 Å². The highest BCUT2D eigenvalue weighted by atomic mass is 16.4. The van der Waals surface area contributed by atoms with Gasteiger partial charge in [0.25, 0.3) is 0 Å². The molecule has 1 unspecified atom stereocenters. The third-order valence-electron chi connectivity index (χ3n) is 2.67. The molecule has 3 nitrogen and oxygen atoms in total. The maximum atomic E-state index is 11.1. The molecule has 14 heavy (non-hydrogen) atoms. The monoisotopic (exact) mass is 199 g/mol. The summed E-state index contributed by atoms with van der Waals surface area (Å²) in [5.74, 6) is -0.665. The molecule has 1 heterocycles. The number of hydrogen-bond acceptors (Lipinski definition) is 2. The summed E-state index contributed by atoms with van der Waals surface area (Å²) in [5.41, 5.74) is 0.0889. The van der Waals surface area contributed by atoms with E-state index in [1.54, 1.807) is 0 Å². The van der Waals surface area contributed by atoms with Gasteiger partial charge in [0, 0.05) is 0 Å². The maximum absolute atomic E-state index is 11.1. The van der Waals surface area contributed by atoms with Gasteiger partial charge in [-0.1, -0.05) is 20.8 Å². The van der Waals surface area contributed by atoms with E-state index in [4.69, 9.17) is 5.11 Å². The molecule has 1 N–H and O–H groups in total. The third-order valence-corrected chi connectivity index (χ3v) is 2.67. The Morgan fingerprint density at radius 3 is 2.21 bits per heavy atom. The predicted octanol–water partition coefficient (Wildman–Crippen LogP) is 1.97. The van der Waals surface area contributed by atoms with E-state index in [9.17, 15) is 4.79 Å². The van der Waals surface area contributed by atoms with Gasteiger partial charge in [-0.25, -0.2) is 0 Å². The highest BCUT2D eigenvalue weighted by molar-refractivity contribution is 5.73. The number of hydrogen-bond donors (Lipinski definition) is 1. The van der Waals surface area contributed by atoms with Gasteiger partial charge in [-0.2, -0.15) is 0 Å². The second kappa shape index (κ2) is 4.30. The lowest BCUT2D eigenvalue weighted by molar-refractivity contribution is -0.144. The molecule has 82 valence electrons. The van der Waals surface area contributed by atoms with Crippen LogP contribution in [0, 0.1) is 5.41 Å². The number of nitrogens with zero attached hydrogens (tertiary/aromatic N) is 1. The van der Waals surface area contributed by atoms with Crippen molar-refractivity contribution in [2.24, 2.45) is 5.41 Å². The topological polar surface area (TPSA) is 40.5 Å². The molecule has 0 spiro atoms. The predicted molar refractivity (Wildman–Crippen MR) is 56.3 cm³/mol. The fourth-order valence-electron chi connectivity index (χ4n) is 2.01. The fraction of sp³-hybridized carbons (Fsp3) is 0.909. The van der Waals surface area contributed by atoms with E-state index in [0.29, 0.717) is 0 Å². The normalized spacial score (nSPS) is 21.1. The van der Waals surface area contributed by atoms with Crippen molar-refractivity contribution in [1.29, 1.82) is 0 Å². The van der Waals surface area contributed by atoms with Crippen molar-refractivity contribution in [3.05, 3.63) is 0 Å². The van der Waals surface area contributed by atoms with Crippen molar-refractivity contribution in [1.82, 2.24) is 4.90 Å². The number of aliphatic carboxylic acids is 1. The zero-order valence-corrected chi connectivity index (χ0v) is 9.42. The van der Waals surface area contributed by atoms with Gasteiger partial charge >= 0.3 is 5.97 Å². The average Bonchev–Trinajstić information content (AvgIpc) is 2.49. The molecule has 1 saturated heterocycles. The molecule has 0 aromatic rings. The number of carbonyl (C=O) groups is 1. The van der Waals surface area contributed by atoms with E-state index in [1.165, 1.54) is 0 Å². The zero-order chi connectivity index (χ0) is 10.8. The third kappa shape index (κ3) is 3.29. The van der Waals surface area contributed by atoms with Gasteiger partial charge in [0.05, 0.1) is 0 Å². The first-order chi connectivity index (χ1) is 6.40. The molecule has 1 atom stereocenters. The number of rotatable bonds is 3. The van der Waals surface area contributed by atoms with Crippen molar-refractivity contribution < 1.29 is 9.90 Å². The van der Waals surface area contributed by atoms with Crippen molar-refractivity contribution in [3.8, 4) is 0 Å². The number of carboxylic acids is 1. The Morgan fingerprint density at radius 1 is 1.36 bits per heavy atom. The molecule has 1 aliphatic heterocycles. The van der Waals surface area contributed by atoms with Crippen molar-refractivity contribution in [3.63, 3.8) is 0 Å². The highest BCUT2D eigenvalue weighted by Crippen LogP contribution is 2.25. The van der Waals surface area contributed by atoms with Crippen molar-refractivity contribution >= 4 is 5.97 Å². The molecule has 1 fully saturated rings. The molecule has 0 aliphatic carbocycles. The molecule has 0 bridgehead atoms. The fourth-order valence-corrected chi connectivity index (χ4v) is 2.01. The molecule has 0 amide bonds. The average molecular weight is 199 g/mol. The van der Waals surface area contributed by atoms with Crippen LogP contribution in [0.15, 0.2) is 0 Å². The first-order valence-corrected chi connectivity index (χ1v) is 5.37.